The molecule has 12 heteroatoms. The van der Waals surface area contributed by atoms with Crippen molar-refractivity contribution < 1.29 is 33.9 Å². The Labute approximate surface area is 239 Å². The summed E-state index contributed by atoms with van der Waals surface area (Å²) in [5.41, 5.74) is 6.16. The van der Waals surface area contributed by atoms with Crippen LogP contribution < -0.4 is 21.3 Å². The topological polar surface area (TPSA) is 179 Å². The standard InChI is InChI=1S/C29H39N5O7/c1-29(2,3)31-11-17(35)32-15-10-16(33(4)5)13-8-12-9-14-20(25(38)18(12)24(37)19(13)23(15)36)26(39)21(28(30)41)27(40)22(14)34(6)7/h10,12,14,18,20-22,31,36H,8-9,11H2,1-7H3,(H2,30,41)(H,32,35)/t12-,14+,18?,20?,21?,22-/m0/s1. The van der Waals surface area contributed by atoms with E-state index in [9.17, 15) is 33.9 Å². The fourth-order valence-electron chi connectivity index (χ4n) is 6.71. The summed E-state index contributed by atoms with van der Waals surface area (Å²) < 4.78 is 0. The number of amides is 2. The number of hydrogen-bond acceptors (Lipinski definition) is 10. The summed E-state index contributed by atoms with van der Waals surface area (Å²) in [6.07, 6.45) is 0.464. The normalized spacial score (nSPS) is 27.7. The SMILES string of the molecule is CN(C)c1cc(NC(=O)CNC(C)(C)C)c(O)c2c1C[C@H]1C[C@@H]3C(C(=O)C(C(N)=O)C(=O)[C@H]3N(C)C)C(=O)C1C2=O. The summed E-state index contributed by atoms with van der Waals surface area (Å²) >= 11 is 0. The van der Waals surface area contributed by atoms with Gasteiger partial charge in [0, 0.05) is 25.3 Å². The molecule has 4 rings (SSSR count). The molecule has 0 heterocycles. The molecule has 41 heavy (non-hydrogen) atoms. The Bertz CT molecular complexity index is 1350. The molecule has 1 aromatic rings. The average Bonchev–Trinajstić information content (AvgIpc) is 2.82. The Kier molecular flexibility index (Phi) is 7.87. The molecule has 12 nitrogen and oxygen atoms in total. The van der Waals surface area contributed by atoms with E-state index in [1.165, 1.54) is 0 Å². The van der Waals surface area contributed by atoms with Gasteiger partial charge < -0.3 is 26.4 Å². The first-order chi connectivity index (χ1) is 19.0. The summed E-state index contributed by atoms with van der Waals surface area (Å²) in [6.45, 7) is 5.68. The van der Waals surface area contributed by atoms with Gasteiger partial charge in [-0.1, -0.05) is 0 Å². The second-order valence-corrected chi connectivity index (χ2v) is 12.8. The van der Waals surface area contributed by atoms with Gasteiger partial charge in [0.2, 0.25) is 11.8 Å². The van der Waals surface area contributed by atoms with E-state index in [-0.39, 0.29) is 36.2 Å². The van der Waals surface area contributed by atoms with Gasteiger partial charge in [0.05, 0.1) is 35.7 Å². The van der Waals surface area contributed by atoms with E-state index in [1.807, 2.05) is 20.8 Å². The van der Waals surface area contributed by atoms with E-state index in [0.29, 0.717) is 11.3 Å². The van der Waals surface area contributed by atoms with Gasteiger partial charge in [-0.2, -0.15) is 0 Å². The first-order valence-electron chi connectivity index (χ1n) is 13.7. The Morgan fingerprint density at radius 2 is 1.66 bits per heavy atom. The van der Waals surface area contributed by atoms with Gasteiger partial charge in [-0.05, 0) is 71.2 Å². The van der Waals surface area contributed by atoms with E-state index in [4.69, 9.17) is 5.73 Å². The van der Waals surface area contributed by atoms with Gasteiger partial charge in [-0.3, -0.25) is 33.7 Å². The lowest BCUT2D eigenvalue weighted by atomic mass is 9.54. The Hall–Kier alpha value is -3.64. The number of benzene rings is 1. The predicted octanol–water partition coefficient (Wildman–Crippen LogP) is 0.145. The lowest BCUT2D eigenvalue weighted by molar-refractivity contribution is -0.157. The number of Topliss-reactive ketones (excluding diaryl/α,β-unsaturated/α-hetero) is 4. The number of phenolic OH excluding ortho intramolecular Hbond substituents is 1. The quantitative estimate of drug-likeness (QED) is 0.272. The number of likely N-dealkylation sites (N-methyl/N-ethyl adjacent to an activating group) is 1. The number of rotatable bonds is 6. The van der Waals surface area contributed by atoms with Gasteiger partial charge in [0.25, 0.3) is 0 Å². The van der Waals surface area contributed by atoms with Crippen LogP contribution in [0.25, 0.3) is 0 Å². The third kappa shape index (κ3) is 5.26. The van der Waals surface area contributed by atoms with E-state index < -0.39 is 76.3 Å². The van der Waals surface area contributed by atoms with Crippen molar-refractivity contribution in [1.82, 2.24) is 10.2 Å². The average molecular weight is 570 g/mol. The zero-order valence-corrected chi connectivity index (χ0v) is 24.5. The van der Waals surface area contributed by atoms with Crippen LogP contribution in [0.1, 0.15) is 43.1 Å². The summed E-state index contributed by atoms with van der Waals surface area (Å²) in [7, 11) is 6.81. The molecule has 0 aliphatic heterocycles. The van der Waals surface area contributed by atoms with Crippen molar-refractivity contribution in [3.63, 3.8) is 0 Å². The third-order valence-electron chi connectivity index (χ3n) is 8.42. The molecule has 5 N–H and O–H groups in total. The molecule has 0 spiro atoms. The fraction of sp³-hybridized carbons (Fsp3) is 0.586. The van der Waals surface area contributed by atoms with Crippen LogP contribution in [-0.2, 0) is 30.4 Å². The molecule has 2 amide bonds. The molecule has 3 aliphatic rings. The Balaban J connectivity index is 1.77. The highest BCUT2D eigenvalue weighted by Crippen LogP contribution is 2.51. The van der Waals surface area contributed by atoms with Crippen molar-refractivity contribution >= 4 is 46.3 Å². The number of fused-ring (bicyclic) bond motifs is 3. The van der Waals surface area contributed by atoms with E-state index >= 15 is 0 Å². The van der Waals surface area contributed by atoms with Crippen LogP contribution in [0.5, 0.6) is 5.75 Å². The van der Waals surface area contributed by atoms with Crippen LogP contribution in [0.15, 0.2) is 6.07 Å². The number of aromatic hydroxyl groups is 1. The highest BCUT2D eigenvalue weighted by Gasteiger charge is 2.61. The molecule has 1 aromatic carbocycles. The smallest absolute Gasteiger partial charge is 0.238 e. The van der Waals surface area contributed by atoms with Crippen molar-refractivity contribution in [2.24, 2.45) is 35.3 Å². The monoisotopic (exact) mass is 569 g/mol. The number of hydrogen-bond donors (Lipinski definition) is 4. The molecule has 0 bridgehead atoms. The summed E-state index contributed by atoms with van der Waals surface area (Å²) in [4.78, 5) is 82.7. The second-order valence-electron chi connectivity index (χ2n) is 12.8. The number of primary amides is 1. The maximum atomic E-state index is 14.0. The van der Waals surface area contributed by atoms with E-state index in [1.54, 1.807) is 44.1 Å². The van der Waals surface area contributed by atoms with Crippen LogP contribution in [0, 0.1) is 29.6 Å². The molecule has 3 aliphatic carbocycles. The summed E-state index contributed by atoms with van der Waals surface area (Å²) in [5.74, 6) is -10.4. The molecule has 6 atom stereocenters. The number of ketones is 4. The van der Waals surface area contributed by atoms with Crippen molar-refractivity contribution in [3.05, 3.63) is 17.2 Å². The second kappa shape index (κ2) is 10.6. The first kappa shape index (κ1) is 30.3. The van der Waals surface area contributed by atoms with Crippen LogP contribution in [0.2, 0.25) is 0 Å². The molecule has 2 fully saturated rings. The van der Waals surface area contributed by atoms with Crippen molar-refractivity contribution in [1.29, 1.82) is 0 Å². The zero-order valence-electron chi connectivity index (χ0n) is 24.5. The first-order valence-corrected chi connectivity index (χ1v) is 13.7. The lowest BCUT2D eigenvalue weighted by Crippen LogP contribution is -2.64. The summed E-state index contributed by atoms with van der Waals surface area (Å²) in [5, 5.41) is 17.0. The van der Waals surface area contributed by atoms with Crippen LogP contribution in [0.4, 0.5) is 11.4 Å². The maximum Gasteiger partial charge on any atom is 0.238 e. The van der Waals surface area contributed by atoms with Gasteiger partial charge in [0.15, 0.2) is 29.1 Å². The van der Waals surface area contributed by atoms with Crippen molar-refractivity contribution in [2.75, 3.05) is 45.0 Å². The Morgan fingerprint density at radius 1 is 1.02 bits per heavy atom. The minimum Gasteiger partial charge on any atom is -0.505 e. The number of nitrogens with two attached hydrogens (primary N) is 1. The van der Waals surface area contributed by atoms with Crippen LogP contribution in [0.3, 0.4) is 0 Å². The molecule has 3 unspecified atom stereocenters. The van der Waals surface area contributed by atoms with Crippen molar-refractivity contribution in [2.45, 2.75) is 45.2 Å². The van der Waals surface area contributed by atoms with Gasteiger partial charge in [0.1, 0.15) is 5.75 Å². The number of nitrogens with zero attached hydrogens (tertiary/aromatic N) is 2. The largest absolute Gasteiger partial charge is 0.505 e. The van der Waals surface area contributed by atoms with Gasteiger partial charge in [-0.25, -0.2) is 0 Å². The Morgan fingerprint density at radius 3 is 2.20 bits per heavy atom. The molecule has 2 saturated carbocycles. The molecular weight excluding hydrogens is 530 g/mol. The molecular formula is C29H39N5O7. The minimum absolute atomic E-state index is 0.0295. The van der Waals surface area contributed by atoms with E-state index in [2.05, 4.69) is 10.6 Å². The number of phenols is 1. The van der Waals surface area contributed by atoms with E-state index in [0.717, 1.165) is 0 Å². The highest BCUT2D eigenvalue weighted by atomic mass is 16.3. The maximum absolute atomic E-state index is 14.0. The van der Waals surface area contributed by atoms with Gasteiger partial charge in [-0.15, -0.1) is 0 Å². The lowest BCUT2D eigenvalue weighted by Gasteiger charge is -2.48. The molecule has 0 radical (unpaired) electrons. The number of carbonyl (C=O) groups excluding carboxylic acids is 6. The fourth-order valence-corrected chi connectivity index (χ4v) is 6.71. The minimum atomic E-state index is -1.76. The number of anilines is 2. The van der Waals surface area contributed by atoms with Crippen molar-refractivity contribution in [3.8, 4) is 5.75 Å². The molecule has 222 valence electrons. The summed E-state index contributed by atoms with van der Waals surface area (Å²) in [6, 6.07) is 0.704. The number of carbonyl (C=O) groups is 6. The molecule has 0 aromatic heterocycles. The number of nitrogens with one attached hydrogen (secondary N) is 2. The highest BCUT2D eigenvalue weighted by molar-refractivity contribution is 6.29. The van der Waals surface area contributed by atoms with Gasteiger partial charge >= 0.3 is 0 Å². The predicted molar refractivity (Wildman–Crippen MR) is 151 cm³/mol. The van der Waals surface area contributed by atoms with Crippen LogP contribution >= 0.6 is 0 Å². The third-order valence-corrected chi connectivity index (χ3v) is 8.42. The van der Waals surface area contributed by atoms with Crippen LogP contribution in [-0.4, -0.2) is 91.3 Å². The zero-order chi connectivity index (χ0) is 30.7. The molecule has 0 saturated heterocycles.